The van der Waals surface area contributed by atoms with E-state index in [1.54, 1.807) is 7.05 Å². The second kappa shape index (κ2) is 5.64. The van der Waals surface area contributed by atoms with E-state index < -0.39 is 0 Å². The lowest BCUT2D eigenvalue weighted by Gasteiger charge is -2.42. The van der Waals surface area contributed by atoms with Gasteiger partial charge in [0.2, 0.25) is 5.91 Å². The fourth-order valence-corrected chi connectivity index (χ4v) is 2.98. The summed E-state index contributed by atoms with van der Waals surface area (Å²) in [4.78, 5) is 14.3. The van der Waals surface area contributed by atoms with E-state index in [0.717, 1.165) is 19.6 Å². The van der Waals surface area contributed by atoms with E-state index in [0.29, 0.717) is 6.04 Å². The molecule has 1 heterocycles. The maximum atomic E-state index is 11.8. The van der Waals surface area contributed by atoms with Gasteiger partial charge in [-0.1, -0.05) is 19.3 Å². The maximum absolute atomic E-state index is 11.8. The molecule has 0 bridgehead atoms. The normalized spacial score (nSPS) is 28.9. The summed E-state index contributed by atoms with van der Waals surface area (Å²) in [5.74, 6) is 0.165. The third kappa shape index (κ3) is 2.55. The molecule has 0 radical (unpaired) electrons. The van der Waals surface area contributed by atoms with Gasteiger partial charge in [0.1, 0.15) is 6.04 Å². The van der Waals surface area contributed by atoms with Crippen molar-refractivity contribution < 1.29 is 4.79 Å². The topological polar surface area (TPSA) is 44.4 Å². The summed E-state index contributed by atoms with van der Waals surface area (Å²) in [6, 6.07) is 0.681. The highest BCUT2D eigenvalue weighted by molar-refractivity contribution is 5.81. The minimum atomic E-state index is 0.0434. The zero-order valence-corrected chi connectivity index (χ0v) is 10.2. The maximum Gasteiger partial charge on any atom is 0.238 e. The SMILES string of the molecule is CNC(=O)C1CNCCN1C1CCCCC1. The second-order valence-corrected chi connectivity index (χ2v) is 4.86. The molecule has 1 unspecified atom stereocenters. The minimum Gasteiger partial charge on any atom is -0.358 e. The average molecular weight is 225 g/mol. The number of piperazine rings is 1. The molecule has 0 aromatic rings. The molecule has 1 saturated carbocycles. The number of amides is 1. The van der Waals surface area contributed by atoms with Crippen molar-refractivity contribution in [1.82, 2.24) is 15.5 Å². The predicted octanol–water partition coefficient (Wildman–Crippen LogP) is 0.339. The van der Waals surface area contributed by atoms with Crippen molar-refractivity contribution in [2.24, 2.45) is 0 Å². The fourth-order valence-electron chi connectivity index (χ4n) is 2.98. The monoisotopic (exact) mass is 225 g/mol. The molecule has 2 aliphatic rings. The van der Waals surface area contributed by atoms with E-state index in [2.05, 4.69) is 15.5 Å². The summed E-state index contributed by atoms with van der Waals surface area (Å²) in [6.45, 7) is 2.84. The smallest absolute Gasteiger partial charge is 0.238 e. The Morgan fingerprint density at radius 1 is 1.31 bits per heavy atom. The van der Waals surface area contributed by atoms with Gasteiger partial charge in [0, 0.05) is 32.7 Å². The number of carbonyl (C=O) groups excluding carboxylic acids is 1. The van der Waals surface area contributed by atoms with E-state index in [1.165, 1.54) is 32.1 Å². The van der Waals surface area contributed by atoms with Crippen molar-refractivity contribution >= 4 is 5.91 Å². The molecule has 2 rings (SSSR count). The molecule has 4 heteroatoms. The Balaban J connectivity index is 2.00. The minimum absolute atomic E-state index is 0.0434. The summed E-state index contributed by atoms with van der Waals surface area (Å²) >= 11 is 0. The molecule has 1 saturated heterocycles. The second-order valence-electron chi connectivity index (χ2n) is 4.86. The predicted molar refractivity (Wildman–Crippen MR) is 64.3 cm³/mol. The summed E-state index contributed by atoms with van der Waals surface area (Å²) < 4.78 is 0. The number of hydrogen-bond acceptors (Lipinski definition) is 3. The van der Waals surface area contributed by atoms with Crippen LogP contribution >= 0.6 is 0 Å². The Kier molecular flexibility index (Phi) is 4.18. The first-order valence-corrected chi connectivity index (χ1v) is 6.51. The van der Waals surface area contributed by atoms with Gasteiger partial charge >= 0.3 is 0 Å². The first kappa shape index (κ1) is 11.9. The molecule has 1 atom stereocenters. The molecule has 1 amide bonds. The van der Waals surface area contributed by atoms with Gasteiger partial charge in [-0.25, -0.2) is 0 Å². The molecule has 2 N–H and O–H groups in total. The average Bonchev–Trinajstić information content (AvgIpc) is 2.39. The first-order valence-electron chi connectivity index (χ1n) is 6.51. The van der Waals surface area contributed by atoms with Crippen LogP contribution in [0.5, 0.6) is 0 Å². The molecular weight excluding hydrogens is 202 g/mol. The Morgan fingerprint density at radius 3 is 2.75 bits per heavy atom. The van der Waals surface area contributed by atoms with Crippen molar-refractivity contribution in [3.05, 3.63) is 0 Å². The highest BCUT2D eigenvalue weighted by atomic mass is 16.2. The van der Waals surface area contributed by atoms with E-state index in [4.69, 9.17) is 0 Å². The molecule has 0 spiro atoms. The Labute approximate surface area is 97.8 Å². The van der Waals surface area contributed by atoms with Gasteiger partial charge in [-0.15, -0.1) is 0 Å². The lowest BCUT2D eigenvalue weighted by atomic mass is 9.92. The largest absolute Gasteiger partial charge is 0.358 e. The van der Waals surface area contributed by atoms with Crippen LogP contribution in [0.2, 0.25) is 0 Å². The summed E-state index contributed by atoms with van der Waals surface area (Å²) in [6.07, 6.45) is 6.57. The molecule has 0 aromatic carbocycles. The zero-order chi connectivity index (χ0) is 11.4. The van der Waals surface area contributed by atoms with Crippen molar-refractivity contribution in [2.75, 3.05) is 26.7 Å². The first-order chi connectivity index (χ1) is 7.83. The van der Waals surface area contributed by atoms with Gasteiger partial charge in [-0.05, 0) is 12.8 Å². The molecular formula is C12H23N3O. The number of carbonyl (C=O) groups is 1. The third-order valence-electron chi connectivity index (χ3n) is 3.88. The lowest BCUT2D eigenvalue weighted by molar-refractivity contribution is -0.128. The Hall–Kier alpha value is -0.610. The molecule has 1 aliphatic carbocycles. The van der Waals surface area contributed by atoms with Gasteiger partial charge in [0.15, 0.2) is 0 Å². The van der Waals surface area contributed by atoms with E-state index in [-0.39, 0.29) is 11.9 Å². The highest BCUT2D eigenvalue weighted by Gasteiger charge is 2.33. The van der Waals surface area contributed by atoms with Gasteiger partial charge < -0.3 is 10.6 Å². The van der Waals surface area contributed by atoms with Crippen molar-refractivity contribution in [3.8, 4) is 0 Å². The standard InChI is InChI=1S/C12H23N3O/c1-13-12(16)11-9-14-7-8-15(11)10-5-3-2-4-6-10/h10-11,14H,2-9H2,1H3,(H,13,16). The van der Waals surface area contributed by atoms with Crippen LogP contribution in [0.1, 0.15) is 32.1 Å². The summed E-state index contributed by atoms with van der Waals surface area (Å²) in [7, 11) is 1.73. The Bertz CT molecular complexity index is 238. The van der Waals surface area contributed by atoms with E-state index in [9.17, 15) is 4.79 Å². The summed E-state index contributed by atoms with van der Waals surface area (Å²) in [5, 5.41) is 6.10. The van der Waals surface area contributed by atoms with Crippen LogP contribution in [0.4, 0.5) is 0 Å². The molecule has 0 aromatic heterocycles. The number of likely N-dealkylation sites (N-methyl/N-ethyl adjacent to an activating group) is 1. The Morgan fingerprint density at radius 2 is 2.06 bits per heavy atom. The highest BCUT2D eigenvalue weighted by Crippen LogP contribution is 2.24. The lowest BCUT2D eigenvalue weighted by Crippen LogP contribution is -2.60. The van der Waals surface area contributed by atoms with Crippen LogP contribution in [0.3, 0.4) is 0 Å². The van der Waals surface area contributed by atoms with Gasteiger partial charge in [0.25, 0.3) is 0 Å². The van der Waals surface area contributed by atoms with Gasteiger partial charge in [-0.2, -0.15) is 0 Å². The molecule has 92 valence electrons. The third-order valence-corrected chi connectivity index (χ3v) is 3.88. The van der Waals surface area contributed by atoms with Crippen molar-refractivity contribution in [1.29, 1.82) is 0 Å². The van der Waals surface area contributed by atoms with Crippen LogP contribution in [-0.2, 0) is 4.79 Å². The summed E-state index contributed by atoms with van der Waals surface area (Å²) in [5.41, 5.74) is 0. The quantitative estimate of drug-likeness (QED) is 0.712. The van der Waals surface area contributed by atoms with Crippen molar-refractivity contribution in [2.45, 2.75) is 44.2 Å². The number of rotatable bonds is 2. The van der Waals surface area contributed by atoms with Crippen LogP contribution in [0, 0.1) is 0 Å². The fraction of sp³-hybridized carbons (Fsp3) is 0.917. The van der Waals surface area contributed by atoms with Crippen LogP contribution in [0.25, 0.3) is 0 Å². The van der Waals surface area contributed by atoms with E-state index in [1.807, 2.05) is 0 Å². The molecule has 2 fully saturated rings. The number of nitrogens with one attached hydrogen (secondary N) is 2. The molecule has 4 nitrogen and oxygen atoms in total. The van der Waals surface area contributed by atoms with Crippen molar-refractivity contribution in [3.63, 3.8) is 0 Å². The van der Waals surface area contributed by atoms with E-state index >= 15 is 0 Å². The number of nitrogens with zero attached hydrogens (tertiary/aromatic N) is 1. The van der Waals surface area contributed by atoms with Gasteiger partial charge in [0.05, 0.1) is 0 Å². The van der Waals surface area contributed by atoms with Gasteiger partial charge in [-0.3, -0.25) is 9.69 Å². The molecule has 16 heavy (non-hydrogen) atoms. The van der Waals surface area contributed by atoms with Crippen LogP contribution < -0.4 is 10.6 Å². The van der Waals surface area contributed by atoms with Crippen LogP contribution in [-0.4, -0.2) is 49.6 Å². The number of hydrogen-bond donors (Lipinski definition) is 2. The van der Waals surface area contributed by atoms with Crippen LogP contribution in [0.15, 0.2) is 0 Å². The zero-order valence-electron chi connectivity index (χ0n) is 10.2. The molecule has 1 aliphatic heterocycles.